The second kappa shape index (κ2) is 11.8. The van der Waals surface area contributed by atoms with E-state index in [1.165, 1.54) is 11.0 Å². The van der Waals surface area contributed by atoms with Crippen LogP contribution >= 0.6 is 15.9 Å². The van der Waals surface area contributed by atoms with Crippen molar-refractivity contribution in [1.29, 1.82) is 0 Å². The minimum Gasteiger partial charge on any atom is -0.483 e. The summed E-state index contributed by atoms with van der Waals surface area (Å²) in [6.45, 7) is 7.27. The van der Waals surface area contributed by atoms with Gasteiger partial charge in [0.2, 0.25) is 5.91 Å². The fraction of sp³-hybridized carbons (Fsp3) is 0.417. The number of ether oxygens (including phenoxy) is 1. The zero-order valence-corrected chi connectivity index (χ0v) is 20.0. The van der Waals surface area contributed by atoms with Gasteiger partial charge in [-0.25, -0.2) is 4.39 Å². The predicted octanol–water partition coefficient (Wildman–Crippen LogP) is 4.86. The lowest BCUT2D eigenvalue weighted by Crippen LogP contribution is -2.50. The first-order valence-corrected chi connectivity index (χ1v) is 11.3. The van der Waals surface area contributed by atoms with E-state index in [0.29, 0.717) is 11.3 Å². The van der Waals surface area contributed by atoms with E-state index < -0.39 is 17.8 Å². The van der Waals surface area contributed by atoms with E-state index in [-0.39, 0.29) is 25.1 Å². The summed E-state index contributed by atoms with van der Waals surface area (Å²) >= 11 is 3.46. The topological polar surface area (TPSA) is 58.6 Å². The van der Waals surface area contributed by atoms with Crippen LogP contribution in [0.5, 0.6) is 5.75 Å². The highest BCUT2D eigenvalue weighted by Gasteiger charge is 2.28. The number of aryl methyl sites for hydroxylation is 1. The third-order valence-electron chi connectivity index (χ3n) is 5.22. The van der Waals surface area contributed by atoms with Crippen LogP contribution in [-0.2, 0) is 22.6 Å². The summed E-state index contributed by atoms with van der Waals surface area (Å²) < 4.78 is 20.7. The van der Waals surface area contributed by atoms with Gasteiger partial charge in [0, 0.05) is 18.2 Å². The Hall–Kier alpha value is -2.41. The van der Waals surface area contributed by atoms with E-state index in [9.17, 15) is 14.0 Å². The van der Waals surface area contributed by atoms with Crippen LogP contribution in [-0.4, -0.2) is 35.4 Å². The zero-order valence-electron chi connectivity index (χ0n) is 18.5. The fourth-order valence-electron chi connectivity index (χ4n) is 2.96. The molecule has 0 fully saturated rings. The number of benzene rings is 2. The number of carbonyl (C=O) groups excluding carboxylic acids is 2. The molecule has 2 aromatic rings. The molecular weight excluding hydrogens is 463 g/mol. The lowest BCUT2D eigenvalue weighted by molar-refractivity contribution is -0.142. The largest absolute Gasteiger partial charge is 0.483 e. The Morgan fingerprint density at radius 3 is 2.48 bits per heavy atom. The van der Waals surface area contributed by atoms with Crippen LogP contribution in [0.25, 0.3) is 0 Å². The highest BCUT2D eigenvalue weighted by atomic mass is 79.9. The van der Waals surface area contributed by atoms with Crippen molar-refractivity contribution in [3.05, 3.63) is 63.9 Å². The van der Waals surface area contributed by atoms with Gasteiger partial charge in [0.05, 0.1) is 4.47 Å². The molecule has 0 aliphatic rings. The van der Waals surface area contributed by atoms with Crippen molar-refractivity contribution in [2.45, 2.75) is 59.2 Å². The Labute approximate surface area is 192 Å². The van der Waals surface area contributed by atoms with E-state index in [1.807, 2.05) is 26.0 Å². The molecule has 0 radical (unpaired) electrons. The van der Waals surface area contributed by atoms with Gasteiger partial charge in [-0.3, -0.25) is 9.59 Å². The van der Waals surface area contributed by atoms with Gasteiger partial charge < -0.3 is 15.0 Å². The van der Waals surface area contributed by atoms with Crippen LogP contribution in [0.3, 0.4) is 0 Å². The second-order valence-electron chi connectivity index (χ2n) is 7.51. The van der Waals surface area contributed by atoms with Crippen LogP contribution in [0, 0.1) is 5.82 Å². The quantitative estimate of drug-likeness (QED) is 0.514. The second-order valence-corrected chi connectivity index (χ2v) is 8.37. The normalized spacial score (nSPS) is 12.7. The Balaban J connectivity index is 2.19. The Morgan fingerprint density at radius 2 is 1.87 bits per heavy atom. The first kappa shape index (κ1) is 24.9. The number of amides is 2. The molecule has 0 heterocycles. The number of rotatable bonds is 10. The maximum atomic E-state index is 14.2. The van der Waals surface area contributed by atoms with Gasteiger partial charge in [-0.15, -0.1) is 0 Å². The number of halogens is 2. The monoisotopic (exact) mass is 492 g/mol. The van der Waals surface area contributed by atoms with Gasteiger partial charge in [0.1, 0.15) is 17.6 Å². The average molecular weight is 493 g/mol. The summed E-state index contributed by atoms with van der Waals surface area (Å²) in [5, 5.41) is 2.89. The molecule has 0 aromatic heterocycles. The van der Waals surface area contributed by atoms with Gasteiger partial charge in [-0.1, -0.05) is 38.1 Å². The highest BCUT2D eigenvalue weighted by Crippen LogP contribution is 2.26. The molecule has 5 nitrogen and oxygen atoms in total. The molecule has 1 N–H and O–H groups in total. The number of nitrogens with one attached hydrogen (secondary N) is 1. The van der Waals surface area contributed by atoms with Gasteiger partial charge in [0.15, 0.2) is 6.61 Å². The van der Waals surface area contributed by atoms with Crippen molar-refractivity contribution in [1.82, 2.24) is 10.2 Å². The summed E-state index contributed by atoms with van der Waals surface area (Å²) in [6, 6.07) is 11.1. The van der Waals surface area contributed by atoms with Gasteiger partial charge >= 0.3 is 0 Å². The summed E-state index contributed by atoms with van der Waals surface area (Å²) in [4.78, 5) is 27.1. The standard InChI is InChI=1S/C24H30BrFN2O3/c1-5-16(3)27-24(30)17(4)28(14-19-9-7-8-10-21(19)26)23(29)15-31-22-12-11-18(6-2)13-20(22)25/h7-13,16-17H,5-6,14-15H2,1-4H3,(H,27,30)/t16-,17-/m1/s1. The molecule has 31 heavy (non-hydrogen) atoms. The van der Waals surface area contributed by atoms with E-state index in [0.717, 1.165) is 22.9 Å². The van der Waals surface area contributed by atoms with Gasteiger partial charge in [0.25, 0.3) is 5.91 Å². The minimum atomic E-state index is -0.782. The maximum Gasteiger partial charge on any atom is 0.261 e. The van der Waals surface area contributed by atoms with Crippen molar-refractivity contribution in [3.8, 4) is 5.75 Å². The molecule has 7 heteroatoms. The van der Waals surface area contributed by atoms with E-state index in [4.69, 9.17) is 4.74 Å². The molecule has 2 aromatic carbocycles. The van der Waals surface area contributed by atoms with Gasteiger partial charge in [-0.05, 0) is 66.4 Å². The first-order chi connectivity index (χ1) is 14.8. The van der Waals surface area contributed by atoms with Crippen molar-refractivity contribution in [2.75, 3.05) is 6.61 Å². The Bertz CT molecular complexity index is 906. The fourth-order valence-corrected chi connectivity index (χ4v) is 3.50. The summed E-state index contributed by atoms with van der Waals surface area (Å²) in [7, 11) is 0. The third kappa shape index (κ3) is 7.06. The molecule has 2 amide bonds. The van der Waals surface area contributed by atoms with Crippen molar-refractivity contribution in [2.24, 2.45) is 0 Å². The molecule has 0 aliphatic heterocycles. The van der Waals surface area contributed by atoms with Crippen LogP contribution in [0.15, 0.2) is 46.9 Å². The molecular formula is C24H30BrFN2O3. The Morgan fingerprint density at radius 1 is 1.16 bits per heavy atom. The third-order valence-corrected chi connectivity index (χ3v) is 5.84. The molecule has 0 unspecified atom stereocenters. The number of carbonyl (C=O) groups is 2. The lowest BCUT2D eigenvalue weighted by Gasteiger charge is -2.29. The van der Waals surface area contributed by atoms with Crippen molar-refractivity contribution in [3.63, 3.8) is 0 Å². The van der Waals surface area contributed by atoms with Crippen molar-refractivity contribution < 1.29 is 18.7 Å². The van der Waals surface area contributed by atoms with Gasteiger partial charge in [-0.2, -0.15) is 0 Å². The number of hydrogen-bond donors (Lipinski definition) is 1. The average Bonchev–Trinajstić information content (AvgIpc) is 2.76. The molecule has 0 bridgehead atoms. The molecule has 168 valence electrons. The van der Waals surface area contributed by atoms with Crippen LogP contribution in [0.1, 0.15) is 45.2 Å². The summed E-state index contributed by atoms with van der Waals surface area (Å²) in [6.07, 6.45) is 1.65. The zero-order chi connectivity index (χ0) is 23.0. The Kier molecular flexibility index (Phi) is 9.49. The lowest BCUT2D eigenvalue weighted by atomic mass is 10.1. The smallest absolute Gasteiger partial charge is 0.261 e. The number of nitrogens with zero attached hydrogens (tertiary/aromatic N) is 1. The van der Waals surface area contributed by atoms with Crippen LogP contribution < -0.4 is 10.1 Å². The maximum absolute atomic E-state index is 14.2. The van der Waals surface area contributed by atoms with Crippen molar-refractivity contribution >= 4 is 27.7 Å². The van der Waals surface area contributed by atoms with E-state index in [1.54, 1.807) is 31.2 Å². The minimum absolute atomic E-state index is 0.0235. The molecule has 0 saturated heterocycles. The van der Waals surface area contributed by atoms with E-state index in [2.05, 4.69) is 28.2 Å². The molecule has 0 spiro atoms. The molecule has 2 atom stereocenters. The molecule has 0 saturated carbocycles. The molecule has 2 rings (SSSR count). The summed E-state index contributed by atoms with van der Waals surface area (Å²) in [5.41, 5.74) is 1.48. The highest BCUT2D eigenvalue weighted by molar-refractivity contribution is 9.10. The number of hydrogen-bond acceptors (Lipinski definition) is 3. The predicted molar refractivity (Wildman–Crippen MR) is 123 cm³/mol. The van der Waals surface area contributed by atoms with Crippen LogP contribution in [0.2, 0.25) is 0 Å². The van der Waals surface area contributed by atoms with Crippen LogP contribution in [0.4, 0.5) is 4.39 Å². The summed E-state index contributed by atoms with van der Waals surface area (Å²) in [5.74, 6) is -0.573. The molecule has 0 aliphatic carbocycles. The SMILES string of the molecule is CCc1ccc(OCC(=O)N(Cc2ccccc2F)[C@H](C)C(=O)N[C@H](C)CC)c(Br)c1. The first-order valence-electron chi connectivity index (χ1n) is 10.5. The van der Waals surface area contributed by atoms with E-state index >= 15 is 0 Å².